The van der Waals surface area contributed by atoms with Crippen molar-refractivity contribution in [1.82, 2.24) is 15.1 Å². The molecule has 1 fully saturated rings. The summed E-state index contributed by atoms with van der Waals surface area (Å²) in [7, 11) is 1.91. The number of nitrogens with zero attached hydrogens (tertiary/aromatic N) is 3. The molecule has 0 aliphatic carbocycles. The van der Waals surface area contributed by atoms with Gasteiger partial charge in [-0.15, -0.1) is 24.8 Å². The van der Waals surface area contributed by atoms with E-state index < -0.39 is 5.54 Å². The Hall–Kier alpha value is -1.76. The molecule has 0 saturated carbocycles. The maximum atomic E-state index is 12.7. The number of nitrogens with one attached hydrogen (secondary N) is 1. The lowest BCUT2D eigenvalue weighted by Gasteiger charge is -2.35. The van der Waals surface area contributed by atoms with E-state index in [2.05, 4.69) is 15.3 Å². The normalized spacial score (nSPS) is 18.9. The Balaban J connectivity index is 0.00000169. The van der Waals surface area contributed by atoms with Gasteiger partial charge >= 0.3 is 0 Å². The van der Waals surface area contributed by atoms with Crippen LogP contribution in [0.1, 0.15) is 25.3 Å². The predicted molar refractivity (Wildman–Crippen MR) is 109 cm³/mol. The third-order valence-electron chi connectivity index (χ3n) is 4.66. The second kappa shape index (κ2) is 9.26. The molecule has 2 aromatic rings. The first-order chi connectivity index (χ1) is 11.5. The van der Waals surface area contributed by atoms with E-state index >= 15 is 0 Å². The Morgan fingerprint density at radius 1 is 1.31 bits per heavy atom. The Labute approximate surface area is 166 Å². The number of amides is 1. The van der Waals surface area contributed by atoms with Crippen LogP contribution in [0.3, 0.4) is 0 Å². The molecular weight excluding hydrogens is 373 g/mol. The second-order valence-electron chi connectivity index (χ2n) is 6.70. The van der Waals surface area contributed by atoms with Crippen LogP contribution in [-0.2, 0) is 17.4 Å². The molecule has 1 aliphatic heterocycles. The zero-order chi connectivity index (χ0) is 17.2. The number of hydrogen-bond acceptors (Lipinski definition) is 4. The van der Waals surface area contributed by atoms with Gasteiger partial charge in [0.05, 0.1) is 11.9 Å². The summed E-state index contributed by atoms with van der Waals surface area (Å²) >= 11 is 0. The van der Waals surface area contributed by atoms with Gasteiger partial charge in [0.15, 0.2) is 0 Å². The maximum Gasteiger partial charge on any atom is 0.244 e. The first kappa shape index (κ1) is 22.3. The van der Waals surface area contributed by atoms with Gasteiger partial charge in [-0.05, 0) is 25.3 Å². The first-order valence-electron chi connectivity index (χ1n) is 8.36. The lowest BCUT2D eigenvalue weighted by Crippen LogP contribution is -2.55. The highest BCUT2D eigenvalue weighted by molar-refractivity contribution is 5.87. The number of rotatable bonds is 4. The highest BCUT2D eigenvalue weighted by Crippen LogP contribution is 2.21. The summed E-state index contributed by atoms with van der Waals surface area (Å²) in [4.78, 5) is 15.0. The van der Waals surface area contributed by atoms with Crippen molar-refractivity contribution in [3.05, 3.63) is 48.3 Å². The molecule has 2 heterocycles. The van der Waals surface area contributed by atoms with Crippen LogP contribution in [0.25, 0.3) is 0 Å². The minimum absolute atomic E-state index is 0. The van der Waals surface area contributed by atoms with Gasteiger partial charge in [0.1, 0.15) is 5.54 Å². The van der Waals surface area contributed by atoms with E-state index in [1.54, 1.807) is 11.6 Å². The molecule has 6 nitrogen and oxygen atoms in total. The molecule has 2 unspecified atom stereocenters. The SMILES string of the molecule is Cl.Cl.Cn1cc(N2CCCC(NC(=O)C(C)(N)c3ccccc3)C2)cn1. The molecule has 0 spiro atoms. The van der Waals surface area contributed by atoms with Crippen LogP contribution in [0.2, 0.25) is 0 Å². The van der Waals surface area contributed by atoms with E-state index in [0.717, 1.165) is 37.2 Å². The number of anilines is 1. The summed E-state index contributed by atoms with van der Waals surface area (Å²) in [6.07, 6.45) is 5.86. The fourth-order valence-electron chi connectivity index (χ4n) is 3.15. The van der Waals surface area contributed by atoms with Crippen molar-refractivity contribution in [1.29, 1.82) is 0 Å². The Bertz CT molecular complexity index is 705. The summed E-state index contributed by atoms with van der Waals surface area (Å²) in [5.74, 6) is -0.133. The molecule has 0 bridgehead atoms. The number of carbonyl (C=O) groups is 1. The smallest absolute Gasteiger partial charge is 0.244 e. The molecule has 0 radical (unpaired) electrons. The second-order valence-corrected chi connectivity index (χ2v) is 6.70. The number of aromatic nitrogens is 2. The molecule has 2 atom stereocenters. The van der Waals surface area contributed by atoms with Crippen LogP contribution in [0, 0.1) is 0 Å². The van der Waals surface area contributed by atoms with Crippen LogP contribution in [-0.4, -0.2) is 34.8 Å². The van der Waals surface area contributed by atoms with E-state index in [1.165, 1.54) is 0 Å². The van der Waals surface area contributed by atoms with Gasteiger partial charge in [0.25, 0.3) is 0 Å². The topological polar surface area (TPSA) is 76.2 Å². The summed E-state index contributed by atoms with van der Waals surface area (Å²) in [6, 6.07) is 9.60. The van der Waals surface area contributed by atoms with Crippen molar-refractivity contribution in [2.45, 2.75) is 31.3 Å². The van der Waals surface area contributed by atoms with Crippen molar-refractivity contribution in [3.63, 3.8) is 0 Å². The van der Waals surface area contributed by atoms with E-state index in [9.17, 15) is 4.79 Å². The van der Waals surface area contributed by atoms with Crippen LogP contribution in [0.5, 0.6) is 0 Å². The average Bonchev–Trinajstić information content (AvgIpc) is 3.02. The fraction of sp³-hybridized carbons (Fsp3) is 0.444. The Morgan fingerprint density at radius 2 is 2.00 bits per heavy atom. The Kier molecular flexibility index (Phi) is 7.93. The molecule has 8 heteroatoms. The number of aryl methyl sites for hydroxylation is 1. The monoisotopic (exact) mass is 399 g/mol. The van der Waals surface area contributed by atoms with Crippen molar-refractivity contribution >= 4 is 36.4 Å². The van der Waals surface area contributed by atoms with Gasteiger partial charge in [0.2, 0.25) is 5.91 Å². The van der Waals surface area contributed by atoms with Crippen molar-refractivity contribution in [2.75, 3.05) is 18.0 Å². The number of piperidine rings is 1. The fourth-order valence-corrected chi connectivity index (χ4v) is 3.15. The van der Waals surface area contributed by atoms with Gasteiger partial charge in [-0.25, -0.2) is 0 Å². The van der Waals surface area contributed by atoms with E-state index in [4.69, 9.17) is 5.73 Å². The van der Waals surface area contributed by atoms with Crippen LogP contribution >= 0.6 is 24.8 Å². The number of carbonyl (C=O) groups excluding carboxylic acids is 1. The minimum atomic E-state index is -1.03. The van der Waals surface area contributed by atoms with Crippen LogP contribution < -0.4 is 16.0 Å². The third-order valence-corrected chi connectivity index (χ3v) is 4.66. The van der Waals surface area contributed by atoms with E-state index in [0.29, 0.717) is 0 Å². The molecule has 1 amide bonds. The molecule has 1 aliphatic rings. The van der Waals surface area contributed by atoms with E-state index in [-0.39, 0.29) is 36.8 Å². The summed E-state index contributed by atoms with van der Waals surface area (Å²) < 4.78 is 1.80. The lowest BCUT2D eigenvalue weighted by molar-refractivity contribution is -0.126. The number of nitrogens with two attached hydrogens (primary N) is 1. The summed E-state index contributed by atoms with van der Waals surface area (Å²) in [5.41, 5.74) is 7.19. The standard InChI is InChI=1S/C18H25N5O.2ClH/c1-18(19,14-7-4-3-5-8-14)17(24)21-15-9-6-10-23(12-15)16-11-20-22(2)13-16;;/h3-5,7-8,11,13,15H,6,9-10,12,19H2,1-2H3,(H,21,24);2*1H. The maximum absolute atomic E-state index is 12.7. The molecule has 1 aromatic carbocycles. The highest BCUT2D eigenvalue weighted by atomic mass is 35.5. The lowest BCUT2D eigenvalue weighted by atomic mass is 9.91. The molecule has 1 aromatic heterocycles. The molecule has 3 rings (SSSR count). The summed E-state index contributed by atoms with van der Waals surface area (Å²) in [6.45, 7) is 3.53. The largest absolute Gasteiger partial charge is 0.367 e. The molecule has 1 saturated heterocycles. The van der Waals surface area contributed by atoms with Gasteiger partial charge in [0, 0.05) is 32.4 Å². The van der Waals surface area contributed by atoms with Gasteiger partial charge < -0.3 is 16.0 Å². The zero-order valence-corrected chi connectivity index (χ0v) is 16.7. The quantitative estimate of drug-likeness (QED) is 0.825. The number of halogens is 2. The predicted octanol–water partition coefficient (Wildman–Crippen LogP) is 2.22. The molecule has 3 N–H and O–H groups in total. The number of hydrogen-bond donors (Lipinski definition) is 2. The molecule has 144 valence electrons. The van der Waals surface area contributed by atoms with Crippen LogP contribution in [0.15, 0.2) is 42.7 Å². The summed E-state index contributed by atoms with van der Waals surface area (Å²) in [5, 5.41) is 7.36. The van der Waals surface area contributed by atoms with Gasteiger partial charge in [-0.1, -0.05) is 30.3 Å². The van der Waals surface area contributed by atoms with Crippen molar-refractivity contribution in [2.24, 2.45) is 12.8 Å². The number of benzene rings is 1. The molecule has 26 heavy (non-hydrogen) atoms. The van der Waals surface area contributed by atoms with Crippen LogP contribution in [0.4, 0.5) is 5.69 Å². The van der Waals surface area contributed by atoms with Gasteiger partial charge in [-0.2, -0.15) is 5.10 Å². The highest BCUT2D eigenvalue weighted by Gasteiger charge is 2.33. The van der Waals surface area contributed by atoms with Gasteiger partial charge in [-0.3, -0.25) is 9.48 Å². The zero-order valence-electron chi connectivity index (χ0n) is 15.1. The van der Waals surface area contributed by atoms with E-state index in [1.807, 2.05) is 49.8 Å². The van der Waals surface area contributed by atoms with Crippen molar-refractivity contribution in [3.8, 4) is 0 Å². The molecular formula is C18H27Cl2N5O. The average molecular weight is 400 g/mol. The Morgan fingerprint density at radius 3 is 2.62 bits per heavy atom. The van der Waals surface area contributed by atoms with Crippen molar-refractivity contribution < 1.29 is 4.79 Å². The minimum Gasteiger partial charge on any atom is -0.367 e. The third kappa shape index (κ3) is 4.90. The first-order valence-corrected chi connectivity index (χ1v) is 8.36.